The summed E-state index contributed by atoms with van der Waals surface area (Å²) in [4.78, 5) is 23.0. The van der Waals surface area contributed by atoms with Gasteiger partial charge in [0.05, 0.1) is 17.4 Å². The smallest absolute Gasteiger partial charge is 0.234 e. The molecule has 0 aliphatic rings. The number of thioether (sulfide) groups is 1. The summed E-state index contributed by atoms with van der Waals surface area (Å²) >= 11 is 3.00. The molecule has 0 atom stereocenters. The predicted molar refractivity (Wildman–Crippen MR) is 113 cm³/mol. The van der Waals surface area contributed by atoms with Crippen LogP contribution in [0.3, 0.4) is 0 Å². The lowest BCUT2D eigenvalue weighted by Crippen LogP contribution is -2.14. The maximum atomic E-state index is 12.3. The van der Waals surface area contributed by atoms with E-state index < -0.39 is 0 Å². The van der Waals surface area contributed by atoms with Gasteiger partial charge in [0.25, 0.3) is 0 Å². The van der Waals surface area contributed by atoms with Crippen molar-refractivity contribution in [1.29, 1.82) is 5.26 Å². The Hall–Kier alpha value is -3.21. The molecule has 2 heterocycles. The molecule has 5 nitrogen and oxygen atoms in total. The van der Waals surface area contributed by atoms with Gasteiger partial charge in [0.15, 0.2) is 0 Å². The Labute approximate surface area is 170 Å². The largest absolute Gasteiger partial charge is 0.325 e. The number of hydrogen-bond donors (Lipinski definition) is 1. The molecule has 0 unspecified atom stereocenters. The van der Waals surface area contributed by atoms with Gasteiger partial charge in [-0.25, -0.2) is 9.97 Å². The molecule has 0 aliphatic heterocycles. The topological polar surface area (TPSA) is 78.7 Å². The first-order chi connectivity index (χ1) is 13.7. The maximum absolute atomic E-state index is 12.3. The van der Waals surface area contributed by atoms with Crippen LogP contribution in [0.15, 0.2) is 72.0 Å². The van der Waals surface area contributed by atoms with Crippen LogP contribution < -0.4 is 5.32 Å². The number of amides is 1. The lowest BCUT2D eigenvalue weighted by molar-refractivity contribution is -0.113. The molecule has 0 bridgehead atoms. The molecule has 0 aliphatic carbocycles. The number of carbonyl (C=O) groups is 1. The van der Waals surface area contributed by atoms with E-state index in [0.717, 1.165) is 25.7 Å². The zero-order valence-corrected chi connectivity index (χ0v) is 16.3. The molecular formula is C21H14N4OS2. The van der Waals surface area contributed by atoms with E-state index >= 15 is 0 Å². The number of nitriles is 1. The Morgan fingerprint density at radius 1 is 1.11 bits per heavy atom. The Bertz CT molecular complexity index is 1160. The van der Waals surface area contributed by atoms with Crippen molar-refractivity contribution in [3.05, 3.63) is 72.6 Å². The number of thiophene rings is 1. The molecule has 2 aromatic heterocycles. The highest BCUT2D eigenvalue weighted by Crippen LogP contribution is 2.36. The van der Waals surface area contributed by atoms with Crippen LogP contribution in [0.1, 0.15) is 5.56 Å². The zero-order chi connectivity index (χ0) is 19.3. The van der Waals surface area contributed by atoms with E-state index in [0.29, 0.717) is 11.3 Å². The van der Waals surface area contributed by atoms with E-state index in [1.807, 2.05) is 18.2 Å². The molecule has 7 heteroatoms. The lowest BCUT2D eigenvalue weighted by atomic mass is 10.2. The van der Waals surface area contributed by atoms with E-state index in [1.54, 1.807) is 35.6 Å². The van der Waals surface area contributed by atoms with Crippen LogP contribution in [-0.4, -0.2) is 21.6 Å². The highest BCUT2D eigenvalue weighted by atomic mass is 32.2. The van der Waals surface area contributed by atoms with Crippen molar-refractivity contribution in [1.82, 2.24) is 9.97 Å². The second kappa shape index (κ2) is 8.21. The molecule has 4 aromatic rings. The van der Waals surface area contributed by atoms with Gasteiger partial charge < -0.3 is 5.32 Å². The first-order valence-electron chi connectivity index (χ1n) is 8.46. The molecule has 1 amide bonds. The fourth-order valence-electron chi connectivity index (χ4n) is 2.65. The van der Waals surface area contributed by atoms with Gasteiger partial charge in [-0.1, -0.05) is 42.1 Å². The third kappa shape index (κ3) is 4.03. The minimum absolute atomic E-state index is 0.125. The van der Waals surface area contributed by atoms with Gasteiger partial charge in [-0.3, -0.25) is 4.79 Å². The molecule has 1 N–H and O–H groups in total. The molecule has 4 rings (SSSR count). The first kappa shape index (κ1) is 18.2. The number of carbonyl (C=O) groups excluding carboxylic acids is 1. The average Bonchev–Trinajstić information content (AvgIpc) is 3.18. The SMILES string of the molecule is N#Cc1ccc(NC(=O)CSc2ncnc3sc(-c4ccccc4)cc23)cc1. The number of aromatic nitrogens is 2. The van der Waals surface area contributed by atoms with Crippen LogP contribution in [0, 0.1) is 11.3 Å². The average molecular weight is 403 g/mol. The summed E-state index contributed by atoms with van der Waals surface area (Å²) < 4.78 is 0. The number of rotatable bonds is 5. The molecular weight excluding hydrogens is 388 g/mol. The fourth-order valence-corrected chi connectivity index (χ4v) is 4.49. The summed E-state index contributed by atoms with van der Waals surface area (Å²) in [6.07, 6.45) is 1.54. The Kier molecular flexibility index (Phi) is 5.33. The molecule has 0 fully saturated rings. The van der Waals surface area contributed by atoms with Gasteiger partial charge in [0.2, 0.25) is 5.91 Å². The normalized spacial score (nSPS) is 10.5. The molecule has 0 saturated heterocycles. The zero-order valence-electron chi connectivity index (χ0n) is 14.6. The molecule has 136 valence electrons. The Morgan fingerprint density at radius 2 is 1.89 bits per heavy atom. The Morgan fingerprint density at radius 3 is 2.64 bits per heavy atom. The molecule has 2 aromatic carbocycles. The van der Waals surface area contributed by atoms with Gasteiger partial charge >= 0.3 is 0 Å². The molecule has 28 heavy (non-hydrogen) atoms. The Balaban J connectivity index is 1.47. The summed E-state index contributed by atoms with van der Waals surface area (Å²) in [5, 5.41) is 13.4. The second-order valence-electron chi connectivity index (χ2n) is 5.90. The van der Waals surface area contributed by atoms with Crippen molar-refractivity contribution in [3.8, 4) is 16.5 Å². The molecule has 0 saturated carbocycles. The van der Waals surface area contributed by atoms with Crippen molar-refractivity contribution in [3.63, 3.8) is 0 Å². The van der Waals surface area contributed by atoms with Gasteiger partial charge in [-0.2, -0.15) is 5.26 Å². The summed E-state index contributed by atoms with van der Waals surface area (Å²) in [7, 11) is 0. The fraction of sp³-hybridized carbons (Fsp3) is 0.0476. The van der Waals surface area contributed by atoms with Gasteiger partial charge in [-0.15, -0.1) is 11.3 Å². The van der Waals surface area contributed by atoms with Crippen LogP contribution >= 0.6 is 23.1 Å². The van der Waals surface area contributed by atoms with Gasteiger partial charge in [-0.05, 0) is 35.9 Å². The standard InChI is InChI=1S/C21H14N4OS2/c22-11-14-6-8-16(9-7-14)25-19(26)12-27-20-17-10-18(15-4-2-1-3-5-15)28-21(17)24-13-23-20/h1-10,13H,12H2,(H,25,26). The van der Waals surface area contributed by atoms with Gasteiger partial charge in [0, 0.05) is 16.0 Å². The third-order valence-electron chi connectivity index (χ3n) is 3.99. The summed E-state index contributed by atoms with van der Waals surface area (Å²) in [6.45, 7) is 0. The van der Waals surface area contributed by atoms with Crippen LogP contribution in [0.4, 0.5) is 5.69 Å². The summed E-state index contributed by atoms with van der Waals surface area (Å²) in [6, 6.07) is 21.1. The summed E-state index contributed by atoms with van der Waals surface area (Å²) in [5.74, 6) is 0.114. The minimum Gasteiger partial charge on any atom is -0.325 e. The molecule has 0 radical (unpaired) electrons. The van der Waals surface area contributed by atoms with Gasteiger partial charge in [0.1, 0.15) is 16.2 Å². The van der Waals surface area contributed by atoms with Crippen molar-refractivity contribution in [2.75, 3.05) is 11.1 Å². The number of anilines is 1. The van der Waals surface area contributed by atoms with E-state index in [4.69, 9.17) is 5.26 Å². The number of benzene rings is 2. The first-order valence-corrected chi connectivity index (χ1v) is 10.3. The summed E-state index contributed by atoms with van der Waals surface area (Å²) in [5.41, 5.74) is 2.36. The molecule has 0 spiro atoms. The minimum atomic E-state index is -0.125. The van der Waals surface area contributed by atoms with Crippen LogP contribution in [-0.2, 0) is 4.79 Å². The van der Waals surface area contributed by atoms with Crippen LogP contribution in [0.5, 0.6) is 0 Å². The van der Waals surface area contributed by atoms with Crippen molar-refractivity contribution in [2.45, 2.75) is 5.03 Å². The highest BCUT2D eigenvalue weighted by molar-refractivity contribution is 8.00. The predicted octanol–water partition coefficient (Wildman–Crippen LogP) is 4.96. The van der Waals surface area contributed by atoms with Crippen LogP contribution in [0.2, 0.25) is 0 Å². The second-order valence-corrected chi connectivity index (χ2v) is 7.90. The van der Waals surface area contributed by atoms with E-state index in [1.165, 1.54) is 18.1 Å². The third-order valence-corrected chi connectivity index (χ3v) is 6.09. The number of hydrogen-bond acceptors (Lipinski definition) is 6. The number of fused-ring (bicyclic) bond motifs is 1. The number of nitrogens with one attached hydrogen (secondary N) is 1. The van der Waals surface area contributed by atoms with E-state index in [-0.39, 0.29) is 11.7 Å². The van der Waals surface area contributed by atoms with Crippen molar-refractivity contribution in [2.24, 2.45) is 0 Å². The quantitative estimate of drug-likeness (QED) is 0.377. The maximum Gasteiger partial charge on any atom is 0.234 e. The van der Waals surface area contributed by atoms with Crippen molar-refractivity contribution >= 4 is 44.9 Å². The lowest BCUT2D eigenvalue weighted by Gasteiger charge is -2.05. The van der Waals surface area contributed by atoms with Crippen molar-refractivity contribution < 1.29 is 4.79 Å². The van der Waals surface area contributed by atoms with Crippen LogP contribution in [0.25, 0.3) is 20.7 Å². The number of nitrogens with zero attached hydrogens (tertiary/aromatic N) is 3. The monoisotopic (exact) mass is 402 g/mol. The highest BCUT2D eigenvalue weighted by Gasteiger charge is 2.12. The van der Waals surface area contributed by atoms with E-state index in [9.17, 15) is 4.79 Å². The van der Waals surface area contributed by atoms with E-state index in [2.05, 4.69) is 39.6 Å².